The minimum absolute atomic E-state index is 0.125. The summed E-state index contributed by atoms with van der Waals surface area (Å²) in [6.07, 6.45) is 1.45. The zero-order valence-corrected chi connectivity index (χ0v) is 14.5. The van der Waals surface area contributed by atoms with Gasteiger partial charge in [-0.2, -0.15) is 11.8 Å². The van der Waals surface area contributed by atoms with Gasteiger partial charge in [-0.15, -0.1) is 0 Å². The van der Waals surface area contributed by atoms with Crippen LogP contribution >= 0.6 is 11.8 Å². The fourth-order valence-electron chi connectivity index (χ4n) is 1.96. The molecule has 1 aromatic rings. The van der Waals surface area contributed by atoms with Gasteiger partial charge >= 0.3 is 12.1 Å². The number of aliphatic carboxylic acids is 1. The van der Waals surface area contributed by atoms with Crippen molar-refractivity contribution in [3.05, 3.63) is 35.9 Å². The third kappa shape index (κ3) is 7.93. The number of carbonyl (C=O) groups excluding carboxylic acids is 1. The van der Waals surface area contributed by atoms with E-state index in [1.807, 2.05) is 30.3 Å². The minimum atomic E-state index is -1.04. The Bertz CT molecular complexity index is 477. The molecule has 0 bridgehead atoms. The number of thioether (sulfide) groups is 1. The number of rotatable bonds is 10. The smallest absolute Gasteiger partial charge is 0.408 e. The Morgan fingerprint density at radius 2 is 1.83 bits per heavy atom. The van der Waals surface area contributed by atoms with Gasteiger partial charge in [0.1, 0.15) is 12.6 Å². The highest BCUT2D eigenvalue weighted by Gasteiger charge is 2.21. The van der Waals surface area contributed by atoms with Gasteiger partial charge in [0.05, 0.1) is 0 Å². The number of nitrogens with one attached hydrogen (secondary N) is 1. The molecule has 0 saturated carbocycles. The topological polar surface area (TPSA) is 75.6 Å². The number of amides is 1. The first-order chi connectivity index (χ1) is 11.1. The van der Waals surface area contributed by atoms with Crippen LogP contribution in [0.15, 0.2) is 30.3 Å². The number of hydrogen-bond acceptors (Lipinski definition) is 4. The number of benzene rings is 1. The van der Waals surface area contributed by atoms with Crippen LogP contribution in [0.3, 0.4) is 0 Å². The van der Waals surface area contributed by atoms with Gasteiger partial charge < -0.3 is 15.2 Å². The second-order valence-corrected chi connectivity index (χ2v) is 6.39. The molecule has 2 N–H and O–H groups in total. The second kappa shape index (κ2) is 10.9. The number of carboxylic acid groups (broad SMARTS) is 1. The maximum atomic E-state index is 11.7. The van der Waals surface area contributed by atoms with Crippen LogP contribution in [0.25, 0.3) is 0 Å². The lowest BCUT2D eigenvalue weighted by Gasteiger charge is -2.16. The van der Waals surface area contributed by atoms with Gasteiger partial charge in [0.25, 0.3) is 0 Å². The van der Waals surface area contributed by atoms with E-state index in [9.17, 15) is 14.7 Å². The molecule has 1 aromatic carbocycles. The van der Waals surface area contributed by atoms with Crippen LogP contribution in [0.2, 0.25) is 0 Å². The quantitative estimate of drug-likeness (QED) is 0.682. The van der Waals surface area contributed by atoms with Crippen LogP contribution in [0.1, 0.15) is 32.3 Å². The monoisotopic (exact) mass is 339 g/mol. The Morgan fingerprint density at radius 1 is 1.17 bits per heavy atom. The Balaban J connectivity index is 2.36. The molecular weight excluding hydrogens is 314 g/mol. The molecule has 0 aliphatic carbocycles. The lowest BCUT2D eigenvalue weighted by atomic mass is 10.1. The Morgan fingerprint density at radius 3 is 2.39 bits per heavy atom. The molecule has 0 aliphatic heterocycles. The zero-order chi connectivity index (χ0) is 17.1. The largest absolute Gasteiger partial charge is 0.480 e. The van der Waals surface area contributed by atoms with Crippen molar-refractivity contribution in [2.24, 2.45) is 5.92 Å². The molecule has 6 heteroatoms. The van der Waals surface area contributed by atoms with Crippen molar-refractivity contribution in [2.75, 3.05) is 11.5 Å². The van der Waals surface area contributed by atoms with Gasteiger partial charge in [-0.3, -0.25) is 0 Å². The summed E-state index contributed by atoms with van der Waals surface area (Å²) in [6.45, 7) is 4.38. The van der Waals surface area contributed by atoms with Crippen LogP contribution in [0.5, 0.6) is 0 Å². The van der Waals surface area contributed by atoms with E-state index in [4.69, 9.17) is 4.74 Å². The number of carbonyl (C=O) groups is 2. The van der Waals surface area contributed by atoms with Crippen molar-refractivity contribution in [1.82, 2.24) is 5.32 Å². The highest BCUT2D eigenvalue weighted by atomic mass is 32.2. The van der Waals surface area contributed by atoms with Crippen LogP contribution in [0.4, 0.5) is 4.79 Å². The second-order valence-electron chi connectivity index (χ2n) is 5.32. The van der Waals surface area contributed by atoms with Crippen molar-refractivity contribution in [1.29, 1.82) is 0 Å². The maximum absolute atomic E-state index is 11.7. The molecular formula is C17H25NO4S. The molecule has 0 fully saturated rings. The van der Waals surface area contributed by atoms with Gasteiger partial charge in [0.15, 0.2) is 0 Å². The van der Waals surface area contributed by atoms with Crippen molar-refractivity contribution < 1.29 is 19.4 Å². The number of alkyl carbamates (subject to hydrolysis) is 1. The molecule has 0 heterocycles. The van der Waals surface area contributed by atoms with E-state index in [-0.39, 0.29) is 6.61 Å². The summed E-state index contributed by atoms with van der Waals surface area (Å²) < 4.78 is 5.06. The highest BCUT2D eigenvalue weighted by Crippen LogP contribution is 2.16. The predicted molar refractivity (Wildman–Crippen MR) is 92.6 cm³/mol. The Kier molecular flexibility index (Phi) is 9.21. The van der Waals surface area contributed by atoms with Crippen LogP contribution in [0, 0.1) is 5.92 Å². The molecule has 23 heavy (non-hydrogen) atoms. The molecule has 1 amide bonds. The minimum Gasteiger partial charge on any atom is -0.480 e. The summed E-state index contributed by atoms with van der Waals surface area (Å²) in [7, 11) is 0. The Hall–Kier alpha value is -1.69. The van der Waals surface area contributed by atoms with Crippen LogP contribution in [-0.4, -0.2) is 34.7 Å². The van der Waals surface area contributed by atoms with Gasteiger partial charge in [0, 0.05) is 5.75 Å². The maximum Gasteiger partial charge on any atom is 0.408 e. The van der Waals surface area contributed by atoms with Crippen LogP contribution in [-0.2, 0) is 16.1 Å². The average molecular weight is 339 g/mol. The summed E-state index contributed by atoms with van der Waals surface area (Å²) in [5, 5.41) is 11.6. The number of ether oxygens (including phenoxy) is 1. The Labute approximate surface area is 141 Å². The van der Waals surface area contributed by atoms with Crippen molar-refractivity contribution in [3.8, 4) is 0 Å². The summed E-state index contributed by atoms with van der Waals surface area (Å²) in [4.78, 5) is 23.0. The third-order valence-electron chi connectivity index (χ3n) is 3.60. The van der Waals surface area contributed by atoms with Gasteiger partial charge in [-0.1, -0.05) is 57.0 Å². The molecule has 1 unspecified atom stereocenters. The van der Waals surface area contributed by atoms with E-state index in [1.165, 1.54) is 0 Å². The molecule has 128 valence electrons. The standard InChI is InChI=1S/C17H25NO4S/c1-3-13(4-2)11-23-12-15(16(19)20)18-17(21)22-10-14-8-6-5-7-9-14/h5-9,13,15H,3-4,10-12H2,1-2H3,(H,18,21)(H,19,20). The first kappa shape index (κ1) is 19.4. The van der Waals surface area contributed by atoms with Crippen molar-refractivity contribution in [3.63, 3.8) is 0 Å². The first-order valence-corrected chi connectivity index (χ1v) is 9.00. The van der Waals surface area contributed by atoms with Gasteiger partial charge in [-0.25, -0.2) is 9.59 Å². The number of carboxylic acids is 1. The van der Waals surface area contributed by atoms with E-state index in [2.05, 4.69) is 19.2 Å². The summed E-state index contributed by atoms with van der Waals surface area (Å²) in [6, 6.07) is 8.33. The lowest BCUT2D eigenvalue weighted by molar-refractivity contribution is -0.138. The summed E-state index contributed by atoms with van der Waals surface area (Å²) >= 11 is 1.55. The van der Waals surface area contributed by atoms with Gasteiger partial charge in [0.2, 0.25) is 0 Å². The molecule has 0 spiro atoms. The lowest BCUT2D eigenvalue weighted by Crippen LogP contribution is -2.43. The molecule has 1 atom stereocenters. The molecule has 5 nitrogen and oxygen atoms in total. The first-order valence-electron chi connectivity index (χ1n) is 7.84. The average Bonchev–Trinajstić information content (AvgIpc) is 2.56. The van der Waals surface area contributed by atoms with Crippen molar-refractivity contribution in [2.45, 2.75) is 39.3 Å². The van der Waals surface area contributed by atoms with E-state index in [0.29, 0.717) is 11.7 Å². The molecule has 1 rings (SSSR count). The molecule has 0 radical (unpaired) electrons. The fraction of sp³-hybridized carbons (Fsp3) is 0.529. The number of hydrogen-bond donors (Lipinski definition) is 2. The SMILES string of the molecule is CCC(CC)CSCC(NC(=O)OCc1ccccc1)C(=O)O. The van der Waals surface area contributed by atoms with Crippen LogP contribution < -0.4 is 5.32 Å². The summed E-state index contributed by atoms with van der Waals surface area (Å²) in [5.41, 5.74) is 0.859. The molecule has 0 aliphatic rings. The molecule has 0 aromatic heterocycles. The third-order valence-corrected chi connectivity index (χ3v) is 4.87. The van der Waals surface area contributed by atoms with E-state index in [1.54, 1.807) is 11.8 Å². The van der Waals surface area contributed by atoms with Crippen molar-refractivity contribution >= 4 is 23.8 Å². The predicted octanol–water partition coefficient (Wildman–Crippen LogP) is 3.54. The van der Waals surface area contributed by atoms with E-state index in [0.717, 1.165) is 24.2 Å². The summed E-state index contributed by atoms with van der Waals surface area (Å²) in [5.74, 6) is 0.780. The molecule has 0 saturated heterocycles. The fourth-order valence-corrected chi connectivity index (χ4v) is 3.36. The van der Waals surface area contributed by atoms with E-state index >= 15 is 0 Å². The highest BCUT2D eigenvalue weighted by molar-refractivity contribution is 7.99. The zero-order valence-electron chi connectivity index (χ0n) is 13.7. The van der Waals surface area contributed by atoms with E-state index < -0.39 is 18.1 Å². The normalized spacial score (nSPS) is 12.0. The van der Waals surface area contributed by atoms with Gasteiger partial charge in [-0.05, 0) is 17.2 Å².